The minimum atomic E-state index is -3.97. The average molecular weight is 353 g/mol. The Hall–Kier alpha value is -1.82. The maximum atomic E-state index is 12.8. The molecule has 0 saturated heterocycles. The van der Waals surface area contributed by atoms with E-state index in [0.717, 1.165) is 22.7 Å². The van der Waals surface area contributed by atoms with Crippen molar-refractivity contribution in [2.45, 2.75) is 58.0 Å². The molecule has 0 saturated carbocycles. The first kappa shape index (κ1) is 20.2. The molecule has 0 unspecified atom stereocenters. The van der Waals surface area contributed by atoms with E-state index in [1.807, 2.05) is 19.9 Å². The number of carbonyl (C=O) groups excluding carboxylic acids is 1. The van der Waals surface area contributed by atoms with Crippen molar-refractivity contribution < 1.29 is 17.9 Å². The van der Waals surface area contributed by atoms with E-state index >= 15 is 0 Å². The van der Waals surface area contributed by atoms with E-state index in [9.17, 15) is 13.2 Å². The zero-order chi connectivity index (χ0) is 18.4. The number of allylic oxidation sites excluding steroid dienone is 1. The highest BCUT2D eigenvalue weighted by atomic mass is 32.2. The summed E-state index contributed by atoms with van der Waals surface area (Å²) >= 11 is 0. The molecule has 0 heterocycles. The van der Waals surface area contributed by atoms with Crippen LogP contribution in [-0.4, -0.2) is 31.0 Å². The molecule has 5 nitrogen and oxygen atoms in total. The number of carbonyl (C=O) groups is 1. The minimum Gasteiger partial charge on any atom is -0.443 e. The molecule has 0 aromatic heterocycles. The summed E-state index contributed by atoms with van der Waals surface area (Å²) in [5.74, 6) is 0. The van der Waals surface area contributed by atoms with Crippen LogP contribution in [0.25, 0.3) is 0 Å². The number of amides is 1. The lowest BCUT2D eigenvalue weighted by Crippen LogP contribution is -2.40. The maximum Gasteiger partial charge on any atom is 0.424 e. The lowest BCUT2D eigenvalue weighted by molar-refractivity contribution is 0.0404. The van der Waals surface area contributed by atoms with Crippen molar-refractivity contribution in [2.24, 2.45) is 0 Å². The summed E-state index contributed by atoms with van der Waals surface area (Å²) in [4.78, 5) is 12.5. The Morgan fingerprint density at radius 3 is 2.25 bits per heavy atom. The zero-order valence-corrected chi connectivity index (χ0v) is 15.9. The van der Waals surface area contributed by atoms with E-state index in [0.29, 0.717) is 0 Å². The Labute approximate surface area is 145 Å². The summed E-state index contributed by atoms with van der Waals surface area (Å²) in [5, 5.41) is 0. The van der Waals surface area contributed by atoms with Crippen molar-refractivity contribution in [3.05, 3.63) is 42.0 Å². The molecule has 24 heavy (non-hydrogen) atoms. The van der Waals surface area contributed by atoms with Gasteiger partial charge in [-0.25, -0.2) is 13.2 Å². The van der Waals surface area contributed by atoms with Gasteiger partial charge < -0.3 is 4.74 Å². The van der Waals surface area contributed by atoms with Crippen molar-refractivity contribution in [3.63, 3.8) is 0 Å². The van der Waals surface area contributed by atoms with Crippen LogP contribution in [0.2, 0.25) is 0 Å². The van der Waals surface area contributed by atoms with E-state index in [2.05, 4.69) is 0 Å². The summed E-state index contributed by atoms with van der Waals surface area (Å²) in [7, 11) is -3.97. The molecule has 0 aliphatic carbocycles. The molecule has 0 aliphatic rings. The van der Waals surface area contributed by atoms with Gasteiger partial charge in [0.15, 0.2) is 0 Å². The van der Waals surface area contributed by atoms with Crippen molar-refractivity contribution in [1.82, 2.24) is 4.31 Å². The normalized spacial score (nSPS) is 12.4. The van der Waals surface area contributed by atoms with Gasteiger partial charge in [-0.3, -0.25) is 0 Å². The van der Waals surface area contributed by atoms with E-state index in [4.69, 9.17) is 4.74 Å². The fourth-order valence-electron chi connectivity index (χ4n) is 1.88. The molecule has 1 amide bonds. The second-order valence-corrected chi connectivity index (χ2v) is 8.45. The summed E-state index contributed by atoms with van der Waals surface area (Å²) in [6.45, 7) is 8.96. The fraction of sp³-hybridized carbons (Fsp3) is 0.500. The van der Waals surface area contributed by atoms with E-state index in [1.165, 1.54) is 12.1 Å². The summed E-state index contributed by atoms with van der Waals surface area (Å²) in [6.07, 6.45) is 4.45. The van der Waals surface area contributed by atoms with Gasteiger partial charge in [-0.1, -0.05) is 43.2 Å². The minimum absolute atomic E-state index is 0.0505. The number of nitrogens with zero attached hydrogens (tertiary/aromatic N) is 1. The van der Waals surface area contributed by atoms with Crippen LogP contribution in [0.4, 0.5) is 4.79 Å². The van der Waals surface area contributed by atoms with Gasteiger partial charge in [0.2, 0.25) is 0 Å². The highest BCUT2D eigenvalue weighted by molar-refractivity contribution is 7.89. The molecule has 1 aromatic rings. The third kappa shape index (κ3) is 6.00. The number of rotatable bonds is 6. The molecule has 0 radical (unpaired) electrons. The van der Waals surface area contributed by atoms with Crippen LogP contribution in [-0.2, 0) is 14.8 Å². The van der Waals surface area contributed by atoms with Gasteiger partial charge in [-0.15, -0.1) is 0 Å². The molecule has 0 aliphatic heterocycles. The third-order valence-electron chi connectivity index (χ3n) is 3.10. The number of hydrogen-bond donors (Lipinski definition) is 0. The molecule has 0 bridgehead atoms. The van der Waals surface area contributed by atoms with Crippen LogP contribution < -0.4 is 0 Å². The van der Waals surface area contributed by atoms with Gasteiger partial charge in [0.1, 0.15) is 5.60 Å². The number of benzene rings is 1. The molecule has 1 rings (SSSR count). The van der Waals surface area contributed by atoms with E-state index in [1.54, 1.807) is 39.0 Å². The summed E-state index contributed by atoms with van der Waals surface area (Å²) in [6, 6.07) is 6.40. The van der Waals surface area contributed by atoms with E-state index in [-0.39, 0.29) is 11.4 Å². The quantitative estimate of drug-likeness (QED) is 0.716. The first-order valence-corrected chi connectivity index (χ1v) is 9.49. The molecule has 134 valence electrons. The van der Waals surface area contributed by atoms with Crippen molar-refractivity contribution in [3.8, 4) is 0 Å². The lowest BCUT2D eigenvalue weighted by atomic mass is 10.2. The predicted octanol–water partition coefficient (Wildman–Crippen LogP) is 4.28. The number of ether oxygens (including phenoxy) is 1. The SMILES string of the molecule is CCC/C=C/CN(C(=O)OC(C)(C)C)S(=O)(=O)c1ccc(C)cc1. The van der Waals surface area contributed by atoms with Crippen LogP contribution in [0.15, 0.2) is 41.3 Å². The van der Waals surface area contributed by atoms with Gasteiger partial charge in [-0.2, -0.15) is 4.31 Å². The van der Waals surface area contributed by atoms with Gasteiger partial charge in [0.25, 0.3) is 10.0 Å². The second kappa shape index (κ2) is 8.33. The Bertz CT molecular complexity index is 670. The van der Waals surface area contributed by atoms with Gasteiger partial charge in [0, 0.05) is 0 Å². The first-order chi connectivity index (χ1) is 11.1. The molecule has 0 fully saturated rings. The number of sulfonamides is 1. The van der Waals surface area contributed by atoms with Gasteiger partial charge in [-0.05, 0) is 46.2 Å². The molecule has 1 aromatic carbocycles. The summed E-state index contributed by atoms with van der Waals surface area (Å²) < 4.78 is 31.7. The monoisotopic (exact) mass is 353 g/mol. The topological polar surface area (TPSA) is 63.7 Å². The van der Waals surface area contributed by atoms with Crippen LogP contribution >= 0.6 is 0 Å². The van der Waals surface area contributed by atoms with E-state index < -0.39 is 21.7 Å². The second-order valence-electron chi connectivity index (χ2n) is 6.59. The standard InChI is InChI=1S/C18H27NO4S/c1-6-7-8-9-14-19(17(20)23-18(3,4)5)24(21,22)16-12-10-15(2)11-13-16/h8-13H,6-7,14H2,1-5H3/b9-8+. The number of aryl methyl sites for hydroxylation is 1. The Morgan fingerprint density at radius 1 is 1.17 bits per heavy atom. The predicted molar refractivity (Wildman–Crippen MR) is 95.4 cm³/mol. The zero-order valence-electron chi connectivity index (χ0n) is 15.1. The van der Waals surface area contributed by atoms with Gasteiger partial charge >= 0.3 is 6.09 Å². The molecular weight excluding hydrogens is 326 g/mol. The molecule has 0 spiro atoms. The van der Waals surface area contributed by atoms with Crippen molar-refractivity contribution in [1.29, 1.82) is 0 Å². The third-order valence-corrected chi connectivity index (χ3v) is 4.85. The van der Waals surface area contributed by atoms with Crippen LogP contribution in [0.1, 0.15) is 46.1 Å². The first-order valence-electron chi connectivity index (χ1n) is 8.05. The largest absolute Gasteiger partial charge is 0.443 e. The Kier molecular flexibility index (Phi) is 7.02. The number of hydrogen-bond acceptors (Lipinski definition) is 4. The molecule has 0 atom stereocenters. The molecular formula is C18H27NO4S. The van der Waals surface area contributed by atoms with Crippen LogP contribution in [0.5, 0.6) is 0 Å². The van der Waals surface area contributed by atoms with Crippen molar-refractivity contribution >= 4 is 16.1 Å². The smallest absolute Gasteiger partial charge is 0.424 e. The van der Waals surface area contributed by atoms with Gasteiger partial charge in [0.05, 0.1) is 11.4 Å². The Morgan fingerprint density at radius 2 is 1.75 bits per heavy atom. The van der Waals surface area contributed by atoms with Crippen LogP contribution in [0.3, 0.4) is 0 Å². The highest BCUT2D eigenvalue weighted by Gasteiger charge is 2.32. The highest BCUT2D eigenvalue weighted by Crippen LogP contribution is 2.20. The fourth-order valence-corrected chi connectivity index (χ4v) is 3.13. The average Bonchev–Trinajstić information content (AvgIpc) is 2.45. The van der Waals surface area contributed by atoms with Crippen LogP contribution in [0, 0.1) is 6.92 Å². The molecule has 0 N–H and O–H groups in total. The Balaban J connectivity index is 3.14. The maximum absolute atomic E-state index is 12.8. The lowest BCUT2D eigenvalue weighted by Gasteiger charge is -2.26. The summed E-state index contributed by atoms with van der Waals surface area (Å²) in [5.41, 5.74) is 0.172. The molecule has 6 heteroatoms. The van der Waals surface area contributed by atoms with Crippen molar-refractivity contribution in [2.75, 3.05) is 6.54 Å². The number of unbranched alkanes of at least 4 members (excludes halogenated alkanes) is 1.